The van der Waals surface area contributed by atoms with Gasteiger partial charge in [0.05, 0.1) is 70.6 Å². The summed E-state index contributed by atoms with van der Waals surface area (Å²) in [5, 5.41) is 257. The molecule has 138 heavy (non-hydrogen) atoms. The maximum atomic E-state index is 13.7. The van der Waals surface area contributed by atoms with Crippen molar-refractivity contribution in [1.82, 2.24) is 16.0 Å². The quantitative estimate of drug-likeness (QED) is 0.0219. The Morgan fingerprint density at radius 2 is 0.587 bits per heavy atom. The molecule has 0 spiro atoms. The van der Waals surface area contributed by atoms with E-state index in [1.54, 1.807) is 6.08 Å². The Bertz CT molecular complexity index is 3390. The number of hydrogen-bond donors (Lipinski definition) is 25. The molecule has 0 saturated carbocycles. The predicted octanol–water partition coefficient (Wildman–Crippen LogP) is -2.60. The molecule has 0 radical (unpaired) electrons. The van der Waals surface area contributed by atoms with Gasteiger partial charge in [0, 0.05) is 20.3 Å². The predicted molar refractivity (Wildman–Crippen MR) is 484 cm³/mol. The molecule has 0 aliphatic carbocycles. The number of unbranched alkanes of at least 4 members (excludes halogenated alkanes) is 28. The number of nitrogens with one attached hydrogen (secondary N) is 3. The minimum Gasteiger partial charge on any atom is -0.394 e. The van der Waals surface area contributed by atoms with Crippen molar-refractivity contribution < 1.29 is 203 Å². The van der Waals surface area contributed by atoms with Crippen molar-refractivity contribution in [3.05, 3.63) is 24.3 Å². The molecule has 0 aromatic heterocycles. The van der Waals surface area contributed by atoms with Gasteiger partial charge in [-0.05, 0) is 58.8 Å². The van der Waals surface area contributed by atoms with Crippen LogP contribution in [0.5, 0.6) is 0 Å². The van der Waals surface area contributed by atoms with Gasteiger partial charge in [-0.15, -0.1) is 0 Å². The van der Waals surface area contributed by atoms with Crippen molar-refractivity contribution in [2.75, 3.05) is 46.2 Å². The van der Waals surface area contributed by atoms with E-state index in [0.717, 1.165) is 78.1 Å². The van der Waals surface area contributed by atoms with Gasteiger partial charge in [-0.2, -0.15) is 0 Å². The fourth-order valence-electron chi connectivity index (χ4n) is 18.7. The van der Waals surface area contributed by atoms with Crippen molar-refractivity contribution in [1.29, 1.82) is 0 Å². The van der Waals surface area contributed by atoms with Crippen molar-refractivity contribution in [3.63, 3.8) is 0 Å². The highest BCUT2D eigenvalue weighted by molar-refractivity contribution is 5.76. The number of carbonyl (C=O) groups is 3. The van der Waals surface area contributed by atoms with Crippen LogP contribution in [0.15, 0.2) is 24.3 Å². The monoisotopic (exact) mass is 1990 g/mol. The fourth-order valence-corrected chi connectivity index (χ4v) is 18.7. The Morgan fingerprint density at radius 3 is 0.964 bits per heavy atom. The van der Waals surface area contributed by atoms with Crippen molar-refractivity contribution in [2.45, 2.75) is 505 Å². The summed E-state index contributed by atoms with van der Waals surface area (Å²) in [5.74, 6) is -2.30. The number of ether oxygens (including phenoxy) is 16. The molecule has 8 rings (SSSR count). The Morgan fingerprint density at radius 1 is 0.297 bits per heavy atom. The zero-order valence-electron chi connectivity index (χ0n) is 80.7. The highest BCUT2D eigenvalue weighted by Gasteiger charge is 2.62. The van der Waals surface area contributed by atoms with Crippen LogP contribution in [0, 0.1) is 0 Å². The Kier molecular flexibility index (Phi) is 54.2. The molecular formula is C94H167N3O41. The van der Waals surface area contributed by atoms with Gasteiger partial charge in [0.15, 0.2) is 50.3 Å². The van der Waals surface area contributed by atoms with Crippen LogP contribution in [0.1, 0.15) is 247 Å². The molecular weight excluding hydrogens is 1830 g/mol. The minimum absolute atomic E-state index is 0.137. The molecule has 0 aromatic carbocycles. The Hall–Kier alpha value is -3.63. The number of allylic oxidation sites excluding steroid dienone is 3. The van der Waals surface area contributed by atoms with E-state index in [9.17, 15) is 127 Å². The first kappa shape index (κ1) is 120. The number of hydrogen-bond acceptors (Lipinski definition) is 41. The summed E-state index contributed by atoms with van der Waals surface area (Å²) < 4.78 is 97.8. The summed E-state index contributed by atoms with van der Waals surface area (Å²) in [4.78, 5) is 40.9. The van der Waals surface area contributed by atoms with Crippen LogP contribution in [-0.2, 0) is 90.2 Å². The van der Waals surface area contributed by atoms with E-state index in [-0.39, 0.29) is 12.3 Å². The number of carbonyl (C=O) groups excluding carboxylic acids is 3. The average Bonchev–Trinajstić information content (AvgIpc) is 0.737. The summed E-state index contributed by atoms with van der Waals surface area (Å²) in [6.07, 6.45) is -34.4. The van der Waals surface area contributed by atoms with Crippen molar-refractivity contribution in [2.24, 2.45) is 0 Å². The number of rotatable bonds is 61. The van der Waals surface area contributed by atoms with E-state index in [1.165, 1.54) is 136 Å². The first-order chi connectivity index (χ1) is 66.2. The molecule has 0 aromatic rings. The molecule has 16 unspecified atom stereocenters. The van der Waals surface area contributed by atoms with Gasteiger partial charge in [-0.3, -0.25) is 14.4 Å². The molecule has 8 saturated heterocycles. The lowest BCUT2D eigenvalue weighted by Crippen LogP contribution is -2.72. The highest BCUT2D eigenvalue weighted by atomic mass is 16.8. The SMILES string of the molecule is CCCCCCCC/C=C\CCCCCCCCCCCCCC(=O)N[C@@H](CO[C@@H]1OC(CO)[C@@H](O[C@@H]2OC(CO)[C@H](O)[C@H](O[C@@H]3OC(CO)[C@@H](O[C@@H]4OC(CO)[C@H](O)[C@H](O[C@@H]5OC(CO)[C@@H](O[C@H]6OC(C)[C@@H](O)C(O)[C@@H]6O)[C@H](O[C@@H]6OC(CO)[C@H](O)[C@H](O)C6O)C5NC(C)=O)C4O)[C@H](O[C@H]4OC(C)[C@@H](O)C(O)[C@@H]4O)C3NC(C)=O)C2O)[C@H](O)C1O)[C@H](O)/C=C/CCCCCCCCCCCCC. The Labute approximate surface area is 808 Å². The molecule has 8 heterocycles. The van der Waals surface area contributed by atoms with Crippen LogP contribution in [0.4, 0.5) is 0 Å². The number of aliphatic hydroxyl groups excluding tert-OH is 22. The second-order valence-corrected chi connectivity index (χ2v) is 38.0. The molecule has 804 valence electrons. The van der Waals surface area contributed by atoms with Crippen LogP contribution in [0.3, 0.4) is 0 Å². The maximum absolute atomic E-state index is 13.7. The molecule has 0 bridgehead atoms. The van der Waals surface area contributed by atoms with E-state index < -0.39 is 316 Å². The van der Waals surface area contributed by atoms with Crippen molar-refractivity contribution in [3.8, 4) is 0 Å². The molecule has 44 nitrogen and oxygen atoms in total. The summed E-state index contributed by atoms with van der Waals surface area (Å²) in [6, 6.07) is -5.09. The van der Waals surface area contributed by atoms with Gasteiger partial charge in [-0.1, -0.05) is 192 Å². The molecule has 8 aliphatic heterocycles. The van der Waals surface area contributed by atoms with E-state index in [4.69, 9.17) is 75.8 Å². The molecule has 42 atom stereocenters. The molecule has 3 amide bonds. The van der Waals surface area contributed by atoms with E-state index in [2.05, 4.69) is 41.9 Å². The second kappa shape index (κ2) is 62.5. The summed E-state index contributed by atoms with van der Waals surface area (Å²) in [7, 11) is 0. The summed E-state index contributed by atoms with van der Waals surface area (Å²) in [6.45, 7) is 1.78. The highest BCUT2D eigenvalue weighted by Crippen LogP contribution is 2.41. The minimum atomic E-state index is -2.46. The van der Waals surface area contributed by atoms with Crippen LogP contribution in [-0.4, -0.2) is 434 Å². The van der Waals surface area contributed by atoms with Crippen LogP contribution in [0.2, 0.25) is 0 Å². The maximum Gasteiger partial charge on any atom is 0.220 e. The Balaban J connectivity index is 0.973. The summed E-state index contributed by atoms with van der Waals surface area (Å²) >= 11 is 0. The van der Waals surface area contributed by atoms with E-state index >= 15 is 0 Å². The van der Waals surface area contributed by atoms with Gasteiger partial charge in [-0.25, -0.2) is 0 Å². The first-order valence-electron chi connectivity index (χ1n) is 50.4. The lowest BCUT2D eigenvalue weighted by Gasteiger charge is -2.52. The second-order valence-electron chi connectivity index (χ2n) is 38.0. The van der Waals surface area contributed by atoms with Crippen LogP contribution in [0.25, 0.3) is 0 Å². The van der Waals surface area contributed by atoms with Crippen LogP contribution >= 0.6 is 0 Å². The first-order valence-corrected chi connectivity index (χ1v) is 50.4. The van der Waals surface area contributed by atoms with Crippen molar-refractivity contribution >= 4 is 17.7 Å². The van der Waals surface area contributed by atoms with Gasteiger partial charge >= 0.3 is 0 Å². The third-order valence-electron chi connectivity index (χ3n) is 27.0. The number of aliphatic hydroxyl groups is 22. The largest absolute Gasteiger partial charge is 0.394 e. The fraction of sp³-hybridized carbons (Fsp3) is 0.926. The molecule has 44 heteroatoms. The smallest absolute Gasteiger partial charge is 0.220 e. The third-order valence-corrected chi connectivity index (χ3v) is 27.0. The topological polar surface area (TPSA) is 680 Å². The zero-order chi connectivity index (χ0) is 101. The molecule has 8 fully saturated rings. The zero-order valence-corrected chi connectivity index (χ0v) is 80.7. The van der Waals surface area contributed by atoms with E-state index in [0.29, 0.717) is 12.8 Å². The van der Waals surface area contributed by atoms with Crippen LogP contribution < -0.4 is 16.0 Å². The van der Waals surface area contributed by atoms with Gasteiger partial charge in [0.2, 0.25) is 17.7 Å². The van der Waals surface area contributed by atoms with Gasteiger partial charge < -0.3 is 204 Å². The summed E-state index contributed by atoms with van der Waals surface area (Å²) in [5.41, 5.74) is 0. The number of amides is 3. The third kappa shape index (κ3) is 35.0. The normalized spacial score (nSPS) is 39.2. The molecule has 8 aliphatic rings. The average molecular weight is 2000 g/mol. The lowest BCUT2D eigenvalue weighted by atomic mass is 9.93. The standard InChI is InChI=1S/C94H167N3O41/c1-7-9-11-13-15-17-19-21-22-23-24-25-26-27-28-30-32-34-36-38-40-42-62(107)97-54(55(106)41-39-37-35-33-31-29-20-18-16-14-12-10-8-2)49-123-89-77(120)73(116)80(59(46-101)131-89)132-93-78(121)85(68(111)57(44-99)127-93)137-87-63(95-52(5)104)83(135-91-75(118)71(114)66(109)51(4)125-91)82(61(48-103)130-87)134-94-79(122)86(69(112)58(45-100)128-94)138-88-64(96-53(6)105)84(136-92-76(119)72(115)67(110)56(43-98)126-92)81(60(47-102)129-88)133-90-74(117)70(113)65(108)50(3)124-90/h21-22,39,41,50-51,54-61,63-94,98-103,106,108-122H,7-20,23-38,40,42-49H2,1-6H3,(H,95,104)(H,96,105)(H,97,107)/b22-21-,41-39+/t50?,51?,54-,55+,56?,57?,58?,59?,60?,61?,63?,64?,65+,66+,67-,68-,69-,70?,71?,72-,73+,74-,75-,76?,77?,78?,79?,80+,81+,82+,83+,84+,85-,86-,87-,88-,89+,90+,91+,92-,93-,94-/m0/s1. The van der Waals surface area contributed by atoms with Gasteiger partial charge in [0.25, 0.3) is 0 Å². The molecule has 25 N–H and O–H groups in total. The van der Waals surface area contributed by atoms with E-state index in [1.807, 2.05) is 6.08 Å². The van der Waals surface area contributed by atoms with Gasteiger partial charge in [0.1, 0.15) is 183 Å². The lowest BCUT2D eigenvalue weighted by molar-refractivity contribution is -0.400.